The predicted molar refractivity (Wildman–Crippen MR) is 77.2 cm³/mol. The van der Waals surface area contributed by atoms with E-state index in [0.29, 0.717) is 18.4 Å². The van der Waals surface area contributed by atoms with Crippen LogP contribution in [0, 0.1) is 5.92 Å². The molecule has 1 unspecified atom stereocenters. The van der Waals surface area contributed by atoms with Gasteiger partial charge in [-0.2, -0.15) is 0 Å². The molecule has 0 bridgehead atoms. The Morgan fingerprint density at radius 3 is 2.23 bits per heavy atom. The van der Waals surface area contributed by atoms with Crippen LogP contribution in [0.2, 0.25) is 0 Å². The number of allylic oxidation sites excluding steroid dienone is 2. The van der Waals surface area contributed by atoms with E-state index < -0.39 is 31.3 Å². The summed E-state index contributed by atoms with van der Waals surface area (Å²) in [5.74, 6) is -1.79. The number of carbonyl (C=O) groups is 1. The van der Waals surface area contributed by atoms with Gasteiger partial charge in [-0.05, 0) is 24.3 Å². The van der Waals surface area contributed by atoms with Gasteiger partial charge in [-0.25, -0.2) is 26.3 Å². The molecule has 0 spiro atoms. The molecule has 0 saturated carbocycles. The van der Waals surface area contributed by atoms with Crippen LogP contribution in [0.4, 0.5) is 0 Å². The van der Waals surface area contributed by atoms with Crippen LogP contribution in [-0.4, -0.2) is 51.7 Å². The van der Waals surface area contributed by atoms with Crippen LogP contribution in [0.3, 0.4) is 0 Å². The lowest BCUT2D eigenvalue weighted by Gasteiger charge is -2.31. The molecule has 0 radical (unpaired) electrons. The lowest BCUT2D eigenvalue weighted by molar-refractivity contribution is -0.299. The van der Waals surface area contributed by atoms with Crippen molar-refractivity contribution in [2.75, 3.05) is 19.3 Å². The molecule has 22 heavy (non-hydrogen) atoms. The third-order valence-electron chi connectivity index (χ3n) is 3.98. The fraction of sp³-hybridized carbons (Fsp3) is 0.583. The van der Waals surface area contributed by atoms with Gasteiger partial charge in [-0.15, -0.1) is 0 Å². The van der Waals surface area contributed by atoms with E-state index in [1.807, 2.05) is 0 Å². The maximum atomic E-state index is 11.5. The molecule has 8 nitrogen and oxygen atoms in total. The zero-order chi connectivity index (χ0) is 16.7. The van der Waals surface area contributed by atoms with Gasteiger partial charge in [-0.1, -0.05) is 12.2 Å². The molecule has 0 aromatic carbocycles. The summed E-state index contributed by atoms with van der Waals surface area (Å²) in [6.07, 6.45) is 4.63. The SMILES string of the molecule is CS(=O)(=O)N1CCC(C2=C(C(=O)[O-])C(S(N)(=O)=O)C=C2)CC1. The molecule has 10 heteroatoms. The van der Waals surface area contributed by atoms with E-state index in [4.69, 9.17) is 5.14 Å². The summed E-state index contributed by atoms with van der Waals surface area (Å²) in [6, 6.07) is 0. The maximum absolute atomic E-state index is 11.5. The molecule has 2 aliphatic rings. The Morgan fingerprint density at radius 1 is 1.27 bits per heavy atom. The van der Waals surface area contributed by atoms with Crippen molar-refractivity contribution in [3.05, 3.63) is 23.3 Å². The van der Waals surface area contributed by atoms with Gasteiger partial charge in [0.15, 0.2) is 0 Å². The van der Waals surface area contributed by atoms with Crippen LogP contribution >= 0.6 is 0 Å². The number of nitrogens with zero attached hydrogens (tertiary/aromatic N) is 1. The van der Waals surface area contributed by atoms with Gasteiger partial charge in [0.25, 0.3) is 0 Å². The molecular formula is C12H17N2O6S2-. The number of hydrogen-bond donors (Lipinski definition) is 1. The van der Waals surface area contributed by atoms with E-state index in [0.717, 1.165) is 6.26 Å². The van der Waals surface area contributed by atoms with Crippen molar-refractivity contribution in [1.82, 2.24) is 4.31 Å². The van der Waals surface area contributed by atoms with E-state index in [1.165, 1.54) is 16.5 Å². The normalized spacial score (nSPS) is 24.9. The Morgan fingerprint density at radius 2 is 1.82 bits per heavy atom. The van der Waals surface area contributed by atoms with Gasteiger partial charge in [0, 0.05) is 18.7 Å². The molecule has 1 aliphatic carbocycles. The molecule has 2 N–H and O–H groups in total. The van der Waals surface area contributed by atoms with Crippen molar-refractivity contribution in [3.63, 3.8) is 0 Å². The molecule has 0 aromatic rings. The van der Waals surface area contributed by atoms with Crippen LogP contribution in [0.5, 0.6) is 0 Å². The van der Waals surface area contributed by atoms with Crippen molar-refractivity contribution in [2.24, 2.45) is 11.1 Å². The Labute approximate surface area is 129 Å². The Balaban J connectivity index is 2.27. The van der Waals surface area contributed by atoms with Gasteiger partial charge in [-0.3, -0.25) is 0 Å². The summed E-state index contributed by atoms with van der Waals surface area (Å²) in [6.45, 7) is 0.530. The van der Waals surface area contributed by atoms with Crippen molar-refractivity contribution < 1.29 is 26.7 Å². The zero-order valence-corrected chi connectivity index (χ0v) is 13.6. The first-order chi connectivity index (χ1) is 10.0. The van der Waals surface area contributed by atoms with E-state index in [-0.39, 0.29) is 24.6 Å². The molecule has 2 rings (SSSR count). The number of nitrogens with two attached hydrogens (primary N) is 1. The largest absolute Gasteiger partial charge is 0.545 e. The Bertz CT molecular complexity index is 742. The predicted octanol–water partition coefficient (Wildman–Crippen LogP) is -2.07. The highest BCUT2D eigenvalue weighted by Gasteiger charge is 2.35. The van der Waals surface area contributed by atoms with Crippen molar-refractivity contribution in [1.29, 1.82) is 0 Å². The summed E-state index contributed by atoms with van der Waals surface area (Å²) >= 11 is 0. The molecule has 1 heterocycles. The smallest absolute Gasteiger partial charge is 0.219 e. The first kappa shape index (κ1) is 17.1. The zero-order valence-electron chi connectivity index (χ0n) is 11.9. The van der Waals surface area contributed by atoms with E-state index >= 15 is 0 Å². The summed E-state index contributed by atoms with van der Waals surface area (Å²) in [4.78, 5) is 11.3. The Kier molecular flexibility index (Phi) is 4.49. The van der Waals surface area contributed by atoms with Crippen molar-refractivity contribution >= 4 is 26.0 Å². The molecule has 1 fully saturated rings. The highest BCUT2D eigenvalue weighted by Crippen LogP contribution is 2.34. The van der Waals surface area contributed by atoms with E-state index in [2.05, 4.69) is 0 Å². The van der Waals surface area contributed by atoms with E-state index in [9.17, 15) is 26.7 Å². The highest BCUT2D eigenvalue weighted by atomic mass is 32.2. The topological polar surface area (TPSA) is 138 Å². The number of aliphatic carboxylic acids is 1. The fourth-order valence-corrected chi connectivity index (χ4v) is 4.64. The fourth-order valence-electron chi connectivity index (χ4n) is 2.90. The summed E-state index contributed by atoms with van der Waals surface area (Å²) in [5, 5.41) is 14.9. The lowest BCUT2D eigenvalue weighted by Crippen LogP contribution is -2.40. The number of carboxylic acids is 1. The standard InChI is InChI=1S/C12H18N2O6S2/c1-21(17,18)14-6-4-8(5-7-14)9-2-3-10(22(13,19)20)11(9)12(15)16/h2-3,8,10H,4-7H2,1H3,(H,15,16)(H2,13,19,20)/p-1. The molecule has 0 amide bonds. The van der Waals surface area contributed by atoms with Gasteiger partial charge < -0.3 is 9.90 Å². The summed E-state index contributed by atoms with van der Waals surface area (Å²) in [7, 11) is -7.36. The highest BCUT2D eigenvalue weighted by molar-refractivity contribution is 7.90. The number of carbonyl (C=O) groups excluding carboxylic acids is 1. The quantitative estimate of drug-likeness (QED) is 0.619. The maximum Gasteiger partial charge on any atom is 0.219 e. The molecule has 124 valence electrons. The summed E-state index contributed by atoms with van der Waals surface area (Å²) < 4.78 is 47.2. The van der Waals surface area contributed by atoms with Crippen LogP contribution < -0.4 is 10.2 Å². The number of sulfonamides is 2. The number of hydrogen-bond acceptors (Lipinski definition) is 6. The third kappa shape index (κ3) is 3.40. The van der Waals surface area contributed by atoms with Crippen LogP contribution in [0.25, 0.3) is 0 Å². The molecule has 1 atom stereocenters. The molecule has 1 aliphatic heterocycles. The minimum Gasteiger partial charge on any atom is -0.545 e. The second-order valence-electron chi connectivity index (χ2n) is 5.46. The molecule has 0 aromatic heterocycles. The van der Waals surface area contributed by atoms with Crippen LogP contribution in [0.15, 0.2) is 23.3 Å². The lowest BCUT2D eigenvalue weighted by atomic mass is 9.88. The number of rotatable bonds is 4. The van der Waals surface area contributed by atoms with Crippen LogP contribution in [0.1, 0.15) is 12.8 Å². The Hall–Kier alpha value is -1.23. The first-order valence-corrected chi connectivity index (χ1v) is 10.1. The molecular weight excluding hydrogens is 332 g/mol. The monoisotopic (exact) mass is 349 g/mol. The second-order valence-corrected chi connectivity index (χ2v) is 9.13. The second kappa shape index (κ2) is 5.76. The number of primary sulfonamides is 1. The van der Waals surface area contributed by atoms with Gasteiger partial charge in [0.2, 0.25) is 20.0 Å². The van der Waals surface area contributed by atoms with Gasteiger partial charge in [0.05, 0.1) is 12.2 Å². The van der Waals surface area contributed by atoms with Gasteiger partial charge in [0.1, 0.15) is 5.25 Å². The first-order valence-electron chi connectivity index (χ1n) is 6.62. The minimum absolute atomic E-state index is 0.228. The van der Waals surface area contributed by atoms with Gasteiger partial charge >= 0.3 is 0 Å². The van der Waals surface area contributed by atoms with E-state index in [1.54, 1.807) is 0 Å². The molecule has 1 saturated heterocycles. The van der Waals surface area contributed by atoms with Crippen molar-refractivity contribution in [3.8, 4) is 0 Å². The van der Waals surface area contributed by atoms with Crippen LogP contribution in [-0.2, 0) is 24.8 Å². The average molecular weight is 349 g/mol. The summed E-state index contributed by atoms with van der Waals surface area (Å²) in [5.41, 5.74) is 0.0347. The number of carboxylic acid groups (broad SMARTS) is 1. The minimum atomic E-state index is -4.07. The van der Waals surface area contributed by atoms with Crippen molar-refractivity contribution in [2.45, 2.75) is 18.1 Å². The number of piperidine rings is 1. The average Bonchev–Trinajstić information content (AvgIpc) is 2.82. The third-order valence-corrected chi connectivity index (χ3v) is 6.39.